The second-order valence-corrected chi connectivity index (χ2v) is 9.22. The number of para-hydroxylation sites is 1. The molecule has 1 saturated heterocycles. The molecule has 0 bridgehead atoms. The number of benzene rings is 2. The molecule has 0 aliphatic carbocycles. The van der Waals surface area contributed by atoms with Crippen molar-refractivity contribution in [2.45, 2.75) is 38.8 Å². The molecule has 164 valence electrons. The van der Waals surface area contributed by atoms with Crippen LogP contribution in [0.15, 0.2) is 42.5 Å². The molecule has 1 aromatic heterocycles. The maximum atomic E-state index is 13.3. The summed E-state index contributed by atoms with van der Waals surface area (Å²) < 4.78 is 12.0. The Morgan fingerprint density at radius 2 is 1.94 bits per heavy atom. The number of nitrogens with zero attached hydrogens (tertiary/aromatic N) is 2. The van der Waals surface area contributed by atoms with Crippen molar-refractivity contribution < 1.29 is 14.3 Å². The van der Waals surface area contributed by atoms with Gasteiger partial charge in [0.2, 0.25) is 0 Å². The largest absolute Gasteiger partial charge is 0.493 e. The third kappa shape index (κ3) is 4.32. The van der Waals surface area contributed by atoms with Crippen LogP contribution in [0.4, 0.5) is 4.79 Å². The Morgan fingerprint density at radius 3 is 2.65 bits per heavy atom. The standard InChI is InChI=1S/C24H29N3O3S/c1-15(2)22(16-11-12-19(29-3)20(14-16)30-4)26-24(28)27-13-7-9-18(27)23-25-17-8-5-6-10-21(17)31-23/h5-6,8,10-12,14-15,18,22H,7,9,13H2,1-4H3,(H,26,28). The second kappa shape index (κ2) is 9.14. The van der Waals surface area contributed by atoms with E-state index < -0.39 is 0 Å². The Hall–Kier alpha value is -2.80. The van der Waals surface area contributed by atoms with E-state index in [1.165, 1.54) is 0 Å². The van der Waals surface area contributed by atoms with Crippen molar-refractivity contribution in [2.75, 3.05) is 20.8 Å². The van der Waals surface area contributed by atoms with Gasteiger partial charge in [-0.25, -0.2) is 9.78 Å². The number of likely N-dealkylation sites (tertiary alicyclic amines) is 1. The van der Waals surface area contributed by atoms with Crippen molar-refractivity contribution in [2.24, 2.45) is 5.92 Å². The highest BCUT2D eigenvalue weighted by Crippen LogP contribution is 2.37. The van der Waals surface area contributed by atoms with Crippen molar-refractivity contribution in [1.29, 1.82) is 0 Å². The van der Waals surface area contributed by atoms with E-state index in [0.717, 1.165) is 40.2 Å². The molecule has 1 aliphatic rings. The normalized spacial score (nSPS) is 17.2. The van der Waals surface area contributed by atoms with E-state index >= 15 is 0 Å². The summed E-state index contributed by atoms with van der Waals surface area (Å²) in [5.41, 5.74) is 2.00. The Balaban J connectivity index is 1.55. The smallest absolute Gasteiger partial charge is 0.318 e. The number of ether oxygens (including phenoxy) is 2. The molecule has 0 radical (unpaired) electrons. The lowest BCUT2D eigenvalue weighted by Crippen LogP contribution is -2.42. The lowest BCUT2D eigenvalue weighted by atomic mass is 9.95. The Labute approximate surface area is 187 Å². The zero-order valence-corrected chi connectivity index (χ0v) is 19.2. The average Bonchev–Trinajstić information content (AvgIpc) is 3.43. The number of carbonyl (C=O) groups is 1. The van der Waals surface area contributed by atoms with Gasteiger partial charge in [0, 0.05) is 6.54 Å². The fourth-order valence-corrected chi connectivity index (χ4v) is 5.31. The molecule has 0 spiro atoms. The topological polar surface area (TPSA) is 63.7 Å². The third-order valence-electron chi connectivity index (χ3n) is 5.82. The number of carbonyl (C=O) groups excluding carboxylic acids is 1. The Kier molecular flexibility index (Phi) is 6.32. The fraction of sp³-hybridized carbons (Fsp3) is 0.417. The summed E-state index contributed by atoms with van der Waals surface area (Å²) in [5.74, 6) is 1.55. The maximum Gasteiger partial charge on any atom is 0.318 e. The molecular formula is C24H29N3O3S. The number of hydrogen-bond donors (Lipinski definition) is 1. The molecule has 1 aliphatic heterocycles. The highest BCUT2D eigenvalue weighted by atomic mass is 32.1. The van der Waals surface area contributed by atoms with Crippen LogP contribution in [0.3, 0.4) is 0 Å². The first-order valence-electron chi connectivity index (χ1n) is 10.7. The van der Waals surface area contributed by atoms with Crippen molar-refractivity contribution in [3.8, 4) is 11.5 Å². The third-order valence-corrected chi connectivity index (χ3v) is 6.96. The summed E-state index contributed by atoms with van der Waals surface area (Å²) in [6, 6.07) is 13.8. The quantitative estimate of drug-likeness (QED) is 0.546. The van der Waals surface area contributed by atoms with E-state index in [2.05, 4.69) is 25.2 Å². The van der Waals surface area contributed by atoms with Crippen molar-refractivity contribution in [1.82, 2.24) is 15.2 Å². The molecule has 2 heterocycles. The van der Waals surface area contributed by atoms with Gasteiger partial charge in [0.25, 0.3) is 0 Å². The maximum absolute atomic E-state index is 13.3. The first-order valence-corrected chi connectivity index (χ1v) is 11.5. The minimum Gasteiger partial charge on any atom is -0.493 e. The van der Waals surface area contributed by atoms with Gasteiger partial charge < -0.3 is 19.7 Å². The number of fused-ring (bicyclic) bond motifs is 1. The summed E-state index contributed by atoms with van der Waals surface area (Å²) in [6.07, 6.45) is 1.92. The summed E-state index contributed by atoms with van der Waals surface area (Å²) in [6.45, 7) is 4.95. The van der Waals surface area contributed by atoms with E-state index in [1.54, 1.807) is 25.6 Å². The van der Waals surface area contributed by atoms with E-state index in [1.807, 2.05) is 41.3 Å². The fourth-order valence-electron chi connectivity index (χ4n) is 4.20. The summed E-state index contributed by atoms with van der Waals surface area (Å²) >= 11 is 1.68. The number of rotatable bonds is 6. The SMILES string of the molecule is COc1ccc(C(NC(=O)N2CCCC2c2nc3ccccc3s2)C(C)C)cc1OC. The van der Waals surface area contributed by atoms with Gasteiger partial charge in [-0.2, -0.15) is 0 Å². The van der Waals surface area contributed by atoms with E-state index in [0.29, 0.717) is 11.5 Å². The van der Waals surface area contributed by atoms with Gasteiger partial charge in [-0.05, 0) is 48.6 Å². The molecule has 31 heavy (non-hydrogen) atoms. The second-order valence-electron chi connectivity index (χ2n) is 8.16. The molecule has 1 N–H and O–H groups in total. The van der Waals surface area contributed by atoms with Gasteiger partial charge in [-0.1, -0.05) is 32.0 Å². The number of methoxy groups -OCH3 is 2. The van der Waals surface area contributed by atoms with Crippen molar-refractivity contribution in [3.63, 3.8) is 0 Å². The van der Waals surface area contributed by atoms with E-state index in [4.69, 9.17) is 14.5 Å². The number of urea groups is 1. The summed E-state index contributed by atoms with van der Waals surface area (Å²) in [5, 5.41) is 4.28. The highest BCUT2D eigenvalue weighted by molar-refractivity contribution is 7.18. The molecule has 1 fully saturated rings. The predicted molar refractivity (Wildman–Crippen MR) is 124 cm³/mol. The van der Waals surface area contributed by atoms with Gasteiger partial charge in [0.05, 0.1) is 36.5 Å². The summed E-state index contributed by atoms with van der Waals surface area (Å²) in [4.78, 5) is 20.1. The first kappa shape index (κ1) is 21.4. The molecule has 4 rings (SSSR count). The first-order chi connectivity index (χ1) is 15.0. The van der Waals surface area contributed by atoms with Gasteiger partial charge in [0.15, 0.2) is 11.5 Å². The minimum atomic E-state index is -0.135. The van der Waals surface area contributed by atoms with Crippen molar-refractivity contribution >= 4 is 27.6 Å². The molecule has 0 saturated carbocycles. The van der Waals surface area contributed by atoms with Crippen LogP contribution in [-0.4, -0.2) is 36.7 Å². The number of aromatic nitrogens is 1. The number of hydrogen-bond acceptors (Lipinski definition) is 5. The van der Waals surface area contributed by atoms with Gasteiger partial charge in [-0.15, -0.1) is 11.3 Å². The zero-order valence-electron chi connectivity index (χ0n) is 18.4. The molecular weight excluding hydrogens is 410 g/mol. The van der Waals surface area contributed by atoms with Gasteiger partial charge in [-0.3, -0.25) is 0 Å². The number of amides is 2. The average molecular weight is 440 g/mol. The molecule has 6 nitrogen and oxygen atoms in total. The number of thiazole rings is 1. The van der Waals surface area contributed by atoms with Crippen molar-refractivity contribution in [3.05, 3.63) is 53.0 Å². The van der Waals surface area contributed by atoms with E-state index in [9.17, 15) is 4.79 Å². The van der Waals surface area contributed by atoms with Crippen LogP contribution >= 0.6 is 11.3 Å². The molecule has 2 aromatic carbocycles. The van der Waals surface area contributed by atoms with Crippen LogP contribution in [0.1, 0.15) is 49.3 Å². The molecule has 3 aromatic rings. The van der Waals surface area contributed by atoms with Gasteiger partial charge in [0.1, 0.15) is 5.01 Å². The van der Waals surface area contributed by atoms with Crippen LogP contribution in [0.25, 0.3) is 10.2 Å². The van der Waals surface area contributed by atoms with Gasteiger partial charge >= 0.3 is 6.03 Å². The lowest BCUT2D eigenvalue weighted by Gasteiger charge is -2.29. The van der Waals surface area contributed by atoms with Crippen LogP contribution in [0, 0.1) is 5.92 Å². The van der Waals surface area contributed by atoms with E-state index in [-0.39, 0.29) is 24.0 Å². The lowest BCUT2D eigenvalue weighted by molar-refractivity contribution is 0.185. The van der Waals surface area contributed by atoms with Crippen LogP contribution in [0.2, 0.25) is 0 Å². The highest BCUT2D eigenvalue weighted by Gasteiger charge is 2.34. The zero-order chi connectivity index (χ0) is 22.0. The minimum absolute atomic E-state index is 0.0237. The van der Waals surface area contributed by atoms with Crippen LogP contribution < -0.4 is 14.8 Å². The molecule has 7 heteroatoms. The summed E-state index contributed by atoms with van der Waals surface area (Å²) in [7, 11) is 3.24. The Bertz CT molecular complexity index is 1030. The molecule has 2 amide bonds. The number of nitrogens with one attached hydrogen (secondary N) is 1. The Morgan fingerprint density at radius 1 is 1.16 bits per heavy atom. The van der Waals surface area contributed by atoms with Crippen LogP contribution in [-0.2, 0) is 0 Å². The predicted octanol–water partition coefficient (Wildman–Crippen LogP) is 5.56. The molecule has 2 unspecified atom stereocenters. The molecule has 2 atom stereocenters. The monoisotopic (exact) mass is 439 g/mol. The van der Waals surface area contributed by atoms with Crippen LogP contribution in [0.5, 0.6) is 11.5 Å².